The standard InChI is InChI=1S/C15H16N6O/c1-10-3-8-17-21(10)11(2)15(22)18-14-9-13(19-20-14)12-4-6-16-7-5-12/h3-9,11H,1-2H3,(H2,18,19,20,22)/t11-/m1/s1. The SMILES string of the molecule is Cc1ccnn1[C@H](C)C(=O)Nc1cc(-c2ccncc2)[nH]n1. The fourth-order valence-corrected chi connectivity index (χ4v) is 2.19. The molecule has 7 nitrogen and oxygen atoms in total. The van der Waals surface area contributed by atoms with Gasteiger partial charge in [0.1, 0.15) is 6.04 Å². The van der Waals surface area contributed by atoms with E-state index in [9.17, 15) is 4.79 Å². The van der Waals surface area contributed by atoms with Gasteiger partial charge in [0.15, 0.2) is 5.82 Å². The Morgan fingerprint density at radius 3 is 2.73 bits per heavy atom. The Morgan fingerprint density at radius 2 is 2.05 bits per heavy atom. The summed E-state index contributed by atoms with van der Waals surface area (Å²) < 4.78 is 1.67. The number of amides is 1. The molecule has 0 aliphatic carbocycles. The molecule has 7 heteroatoms. The van der Waals surface area contributed by atoms with Crippen molar-refractivity contribution in [1.82, 2.24) is 25.0 Å². The lowest BCUT2D eigenvalue weighted by molar-refractivity contribution is -0.119. The maximum Gasteiger partial charge on any atom is 0.250 e. The van der Waals surface area contributed by atoms with Crippen LogP contribution in [0, 0.1) is 6.92 Å². The smallest absolute Gasteiger partial charge is 0.250 e. The van der Waals surface area contributed by atoms with E-state index in [-0.39, 0.29) is 5.91 Å². The first kappa shape index (κ1) is 14.0. The number of rotatable bonds is 4. The van der Waals surface area contributed by atoms with Crippen LogP contribution in [0.15, 0.2) is 42.9 Å². The zero-order valence-electron chi connectivity index (χ0n) is 12.3. The predicted molar refractivity (Wildman–Crippen MR) is 82.1 cm³/mol. The first-order valence-electron chi connectivity index (χ1n) is 6.92. The number of aryl methyl sites for hydroxylation is 1. The molecule has 0 bridgehead atoms. The number of nitrogens with zero attached hydrogens (tertiary/aromatic N) is 4. The van der Waals surface area contributed by atoms with Gasteiger partial charge in [-0.05, 0) is 32.0 Å². The van der Waals surface area contributed by atoms with Gasteiger partial charge in [0.2, 0.25) is 5.91 Å². The van der Waals surface area contributed by atoms with Gasteiger partial charge in [0, 0.05) is 35.9 Å². The summed E-state index contributed by atoms with van der Waals surface area (Å²) in [4.78, 5) is 16.2. The second-order valence-electron chi connectivity index (χ2n) is 4.99. The molecule has 1 amide bonds. The summed E-state index contributed by atoms with van der Waals surface area (Å²) >= 11 is 0. The van der Waals surface area contributed by atoms with Crippen LogP contribution in [0.4, 0.5) is 5.82 Å². The molecule has 0 aromatic carbocycles. The Balaban J connectivity index is 1.73. The van der Waals surface area contributed by atoms with Crippen molar-refractivity contribution in [3.05, 3.63) is 48.5 Å². The molecule has 0 saturated carbocycles. The molecule has 0 saturated heterocycles. The van der Waals surface area contributed by atoms with Crippen molar-refractivity contribution in [3.63, 3.8) is 0 Å². The summed E-state index contributed by atoms with van der Waals surface area (Å²) in [5, 5.41) is 14.0. The lowest BCUT2D eigenvalue weighted by atomic mass is 10.2. The highest BCUT2D eigenvalue weighted by atomic mass is 16.2. The van der Waals surface area contributed by atoms with Gasteiger partial charge >= 0.3 is 0 Å². The fourth-order valence-electron chi connectivity index (χ4n) is 2.19. The van der Waals surface area contributed by atoms with Crippen molar-refractivity contribution in [1.29, 1.82) is 0 Å². The van der Waals surface area contributed by atoms with Crippen LogP contribution in [0.1, 0.15) is 18.7 Å². The topological polar surface area (TPSA) is 88.5 Å². The summed E-state index contributed by atoms with van der Waals surface area (Å²) in [5.41, 5.74) is 2.71. The number of anilines is 1. The Morgan fingerprint density at radius 1 is 1.27 bits per heavy atom. The lowest BCUT2D eigenvalue weighted by Crippen LogP contribution is -2.25. The highest BCUT2D eigenvalue weighted by Crippen LogP contribution is 2.19. The molecule has 0 fully saturated rings. The number of pyridine rings is 1. The van der Waals surface area contributed by atoms with Gasteiger partial charge in [-0.1, -0.05) is 0 Å². The van der Waals surface area contributed by atoms with Crippen molar-refractivity contribution < 1.29 is 4.79 Å². The fraction of sp³-hybridized carbons (Fsp3) is 0.200. The van der Waals surface area contributed by atoms with Gasteiger partial charge in [0.05, 0.1) is 5.69 Å². The average Bonchev–Trinajstić information content (AvgIpc) is 3.16. The molecule has 3 rings (SSSR count). The van der Waals surface area contributed by atoms with E-state index in [1.54, 1.807) is 36.3 Å². The van der Waals surface area contributed by atoms with Crippen LogP contribution in [-0.2, 0) is 4.79 Å². The summed E-state index contributed by atoms with van der Waals surface area (Å²) in [5.74, 6) is 0.313. The van der Waals surface area contributed by atoms with Crippen molar-refractivity contribution in [2.75, 3.05) is 5.32 Å². The highest BCUT2D eigenvalue weighted by molar-refractivity contribution is 5.93. The molecule has 0 radical (unpaired) electrons. The maximum atomic E-state index is 12.3. The molecule has 1 atom stereocenters. The first-order valence-corrected chi connectivity index (χ1v) is 6.92. The minimum Gasteiger partial charge on any atom is -0.307 e. The van der Waals surface area contributed by atoms with E-state index >= 15 is 0 Å². The number of hydrogen-bond donors (Lipinski definition) is 2. The van der Waals surface area contributed by atoms with E-state index in [4.69, 9.17) is 0 Å². The van der Waals surface area contributed by atoms with Crippen molar-refractivity contribution in [2.24, 2.45) is 0 Å². The minimum atomic E-state index is -0.406. The van der Waals surface area contributed by atoms with Crippen molar-refractivity contribution in [3.8, 4) is 11.3 Å². The molecule has 112 valence electrons. The molecular weight excluding hydrogens is 280 g/mol. The van der Waals surface area contributed by atoms with E-state index in [0.717, 1.165) is 17.0 Å². The third-order valence-electron chi connectivity index (χ3n) is 3.43. The van der Waals surface area contributed by atoms with Crippen LogP contribution in [0.2, 0.25) is 0 Å². The van der Waals surface area contributed by atoms with Crippen molar-refractivity contribution >= 4 is 11.7 Å². The van der Waals surface area contributed by atoms with Crippen LogP contribution in [0.5, 0.6) is 0 Å². The molecule has 2 N–H and O–H groups in total. The number of aromatic amines is 1. The summed E-state index contributed by atoms with van der Waals surface area (Å²) in [7, 11) is 0. The van der Waals surface area contributed by atoms with Gasteiger partial charge in [-0.25, -0.2) is 0 Å². The Bertz CT molecular complexity index is 776. The monoisotopic (exact) mass is 296 g/mol. The minimum absolute atomic E-state index is 0.167. The normalized spacial score (nSPS) is 12.1. The molecule has 3 aromatic rings. The molecular formula is C15H16N6O. The van der Waals surface area contributed by atoms with E-state index in [2.05, 4.69) is 25.6 Å². The summed E-state index contributed by atoms with van der Waals surface area (Å²) in [6.45, 7) is 3.71. The maximum absolute atomic E-state index is 12.3. The number of nitrogens with one attached hydrogen (secondary N) is 2. The predicted octanol–water partition coefficient (Wildman–Crippen LogP) is 2.18. The molecule has 22 heavy (non-hydrogen) atoms. The van der Waals surface area contributed by atoms with Gasteiger partial charge in [0.25, 0.3) is 0 Å². The number of carbonyl (C=O) groups is 1. The zero-order valence-corrected chi connectivity index (χ0v) is 12.3. The quantitative estimate of drug-likeness (QED) is 0.772. The number of aromatic nitrogens is 5. The van der Waals surface area contributed by atoms with Gasteiger partial charge in [-0.15, -0.1) is 0 Å². The third-order valence-corrected chi connectivity index (χ3v) is 3.43. The van der Waals surface area contributed by atoms with Gasteiger partial charge < -0.3 is 5.32 Å². The molecule has 0 spiro atoms. The third kappa shape index (κ3) is 2.73. The second kappa shape index (κ2) is 5.80. The largest absolute Gasteiger partial charge is 0.307 e. The zero-order chi connectivity index (χ0) is 15.5. The molecule has 0 aliphatic heterocycles. The van der Waals surface area contributed by atoms with E-state index in [0.29, 0.717) is 5.82 Å². The Kier molecular flexibility index (Phi) is 3.69. The second-order valence-corrected chi connectivity index (χ2v) is 4.99. The van der Waals surface area contributed by atoms with Crippen LogP contribution in [0.3, 0.4) is 0 Å². The van der Waals surface area contributed by atoms with Crippen molar-refractivity contribution in [2.45, 2.75) is 19.9 Å². The highest BCUT2D eigenvalue weighted by Gasteiger charge is 2.18. The van der Waals surface area contributed by atoms with Crippen LogP contribution in [-0.4, -0.2) is 30.9 Å². The molecule has 0 aliphatic rings. The lowest BCUT2D eigenvalue weighted by Gasteiger charge is -2.13. The molecule has 3 heterocycles. The van der Waals surface area contributed by atoms with E-state index < -0.39 is 6.04 Å². The Labute approximate surface area is 127 Å². The molecule has 3 aromatic heterocycles. The van der Waals surface area contributed by atoms with Crippen LogP contribution < -0.4 is 5.32 Å². The number of carbonyl (C=O) groups excluding carboxylic acids is 1. The van der Waals surface area contributed by atoms with E-state index in [1.807, 2.05) is 25.1 Å². The van der Waals surface area contributed by atoms with E-state index in [1.165, 1.54) is 0 Å². The number of H-pyrrole nitrogens is 1. The van der Waals surface area contributed by atoms with Crippen LogP contribution >= 0.6 is 0 Å². The van der Waals surface area contributed by atoms with Gasteiger partial charge in [-0.3, -0.25) is 19.6 Å². The average molecular weight is 296 g/mol. The summed E-state index contributed by atoms with van der Waals surface area (Å²) in [6, 6.07) is 6.98. The van der Waals surface area contributed by atoms with Crippen LogP contribution in [0.25, 0.3) is 11.3 Å². The number of hydrogen-bond acceptors (Lipinski definition) is 4. The summed E-state index contributed by atoms with van der Waals surface area (Å²) in [6.07, 6.45) is 5.09. The first-order chi connectivity index (χ1) is 10.6. The van der Waals surface area contributed by atoms with Gasteiger partial charge in [-0.2, -0.15) is 10.2 Å². The molecule has 0 unspecified atom stereocenters. The Hall–Kier alpha value is -2.96.